The van der Waals surface area contributed by atoms with Crippen LogP contribution in [0.4, 0.5) is 0 Å². The molecule has 0 saturated heterocycles. The van der Waals surface area contributed by atoms with E-state index in [-0.39, 0.29) is 49.2 Å². The molecular formula is C17H38LaN3-3. The van der Waals surface area contributed by atoms with Crippen LogP contribution in [0.5, 0.6) is 0 Å². The number of rotatable bonds is 6. The van der Waals surface area contributed by atoms with Gasteiger partial charge in [0.2, 0.25) is 0 Å². The van der Waals surface area contributed by atoms with E-state index in [2.05, 4.69) is 57.3 Å². The first-order chi connectivity index (χ1) is 8.81. The quantitative estimate of drug-likeness (QED) is 0.548. The molecular weight excluding hydrogens is 385 g/mol. The zero-order valence-corrected chi connectivity index (χ0v) is 19.4. The molecule has 0 unspecified atom stereocenters. The third kappa shape index (κ3) is 19.0. The molecule has 1 fully saturated rings. The molecule has 0 atom stereocenters. The molecule has 0 bridgehead atoms. The molecule has 21 heavy (non-hydrogen) atoms. The fourth-order valence-corrected chi connectivity index (χ4v) is 2.61. The summed E-state index contributed by atoms with van der Waals surface area (Å²) in [6, 6.07) is 0.801. The van der Waals surface area contributed by atoms with Gasteiger partial charge in [-0.05, 0) is 32.9 Å². The number of hydrogen-bond donors (Lipinski definition) is 0. The molecule has 0 aliphatic heterocycles. The van der Waals surface area contributed by atoms with Crippen molar-refractivity contribution in [2.75, 3.05) is 20.6 Å². The molecule has 3 nitrogen and oxygen atoms in total. The Bertz CT molecular complexity index is 192. The van der Waals surface area contributed by atoms with Crippen LogP contribution in [0, 0.1) is 48.9 Å². The maximum atomic E-state index is 4.35. The molecule has 0 heterocycles. The van der Waals surface area contributed by atoms with Gasteiger partial charge >= 0.3 is 0 Å². The molecule has 1 aliphatic rings. The van der Waals surface area contributed by atoms with Crippen LogP contribution in [-0.2, 0) is 0 Å². The average Bonchev–Trinajstić information content (AvgIpc) is 2.67. The molecule has 0 amide bonds. The zero-order chi connectivity index (χ0) is 14.8. The minimum absolute atomic E-state index is 0. The van der Waals surface area contributed by atoms with Gasteiger partial charge < -0.3 is 23.0 Å². The van der Waals surface area contributed by atoms with Gasteiger partial charge in [-0.1, -0.05) is 40.5 Å². The van der Waals surface area contributed by atoms with Crippen molar-refractivity contribution in [1.29, 1.82) is 0 Å². The van der Waals surface area contributed by atoms with Gasteiger partial charge in [0.05, 0.1) is 0 Å². The van der Waals surface area contributed by atoms with Crippen molar-refractivity contribution in [2.24, 2.45) is 5.92 Å². The van der Waals surface area contributed by atoms with Gasteiger partial charge in [0.25, 0.3) is 0 Å². The average molecular weight is 423 g/mol. The number of hydrogen-bond acceptors (Lipinski definition) is 1. The van der Waals surface area contributed by atoms with Crippen LogP contribution in [0.15, 0.2) is 0 Å². The van der Waals surface area contributed by atoms with Crippen molar-refractivity contribution >= 4 is 0 Å². The van der Waals surface area contributed by atoms with E-state index in [1.54, 1.807) is 0 Å². The van der Waals surface area contributed by atoms with E-state index in [0.717, 1.165) is 5.92 Å². The first-order valence-electron chi connectivity index (χ1n) is 7.85. The summed E-state index contributed by atoms with van der Waals surface area (Å²) in [6.45, 7) is 11.6. The van der Waals surface area contributed by atoms with Crippen LogP contribution in [0.2, 0.25) is 0 Å². The first-order valence-corrected chi connectivity index (χ1v) is 7.85. The third-order valence-corrected chi connectivity index (χ3v) is 3.13. The van der Waals surface area contributed by atoms with Gasteiger partial charge in [-0.3, -0.25) is 0 Å². The minimum Gasteiger partial charge on any atom is -0.676 e. The summed E-state index contributed by atoms with van der Waals surface area (Å²) in [5, 5.41) is 8.70. The molecule has 0 aromatic rings. The fraction of sp³-hybridized carbons (Fsp3) is 0.941. The second-order valence-electron chi connectivity index (χ2n) is 6.53. The van der Waals surface area contributed by atoms with E-state index in [0.29, 0.717) is 12.1 Å². The summed E-state index contributed by atoms with van der Waals surface area (Å²) in [6.07, 6.45) is 6.05. The van der Waals surface area contributed by atoms with Crippen LogP contribution in [0.1, 0.15) is 60.3 Å². The van der Waals surface area contributed by atoms with Gasteiger partial charge in [0.15, 0.2) is 0 Å². The van der Waals surface area contributed by atoms with E-state index in [4.69, 9.17) is 0 Å². The van der Waals surface area contributed by atoms with Crippen molar-refractivity contribution in [3.05, 3.63) is 18.1 Å². The molecule has 4 heteroatoms. The Kier molecular flexibility index (Phi) is 20.5. The molecule has 0 spiro atoms. The molecule has 0 aromatic carbocycles. The summed E-state index contributed by atoms with van der Waals surface area (Å²) >= 11 is 0. The molecule has 127 valence electrons. The molecule has 0 N–H and O–H groups in total. The van der Waals surface area contributed by atoms with Crippen molar-refractivity contribution in [3.8, 4) is 0 Å². The van der Waals surface area contributed by atoms with Crippen molar-refractivity contribution in [2.45, 2.75) is 78.6 Å². The third-order valence-electron chi connectivity index (χ3n) is 3.13. The SMILES string of the molecule is CC(C)[N-]C(C)[N-]C(C)C.CN(C)CC1CCCC1.[CH3-].[La]. The second-order valence-corrected chi connectivity index (χ2v) is 6.53. The molecule has 1 rings (SSSR count). The minimum atomic E-state index is 0. The molecule has 1 radical (unpaired) electrons. The van der Waals surface area contributed by atoms with Crippen LogP contribution < -0.4 is 0 Å². The fourth-order valence-electron chi connectivity index (χ4n) is 2.61. The smallest absolute Gasteiger partial charge is 0.000356 e. The maximum absolute atomic E-state index is 4.35. The monoisotopic (exact) mass is 423 g/mol. The van der Waals surface area contributed by atoms with E-state index in [1.165, 1.54) is 32.2 Å². The summed E-state index contributed by atoms with van der Waals surface area (Å²) in [7, 11) is 4.33. The summed E-state index contributed by atoms with van der Waals surface area (Å²) in [5.74, 6) is 1.01. The van der Waals surface area contributed by atoms with Crippen LogP contribution >= 0.6 is 0 Å². The standard InChI is InChI=1S/C8H18N2.C8H17N.CH3.La/c1-6(2)9-8(5)10-7(3)4;1-9(2)7-8-5-3-4-6-8;;/h6-8H,1-5H3;8H,3-7H2,1-2H3;1H3;/q-2;;-1;. The van der Waals surface area contributed by atoms with Crippen LogP contribution in [0.3, 0.4) is 0 Å². The normalized spacial score (nSPS) is 15.0. The summed E-state index contributed by atoms with van der Waals surface area (Å²) in [4.78, 5) is 2.30. The van der Waals surface area contributed by atoms with Gasteiger partial charge in [-0.25, -0.2) is 6.17 Å². The zero-order valence-electron chi connectivity index (χ0n) is 15.8. The van der Waals surface area contributed by atoms with Crippen LogP contribution in [0.25, 0.3) is 10.6 Å². The first kappa shape index (κ1) is 26.9. The Balaban J connectivity index is -0.000000282. The Hall–Kier alpha value is 1.07. The number of nitrogens with zero attached hydrogens (tertiary/aromatic N) is 3. The Morgan fingerprint density at radius 1 is 0.905 bits per heavy atom. The van der Waals surface area contributed by atoms with Gasteiger partial charge in [-0.15, -0.1) is 19.0 Å². The van der Waals surface area contributed by atoms with E-state index >= 15 is 0 Å². The van der Waals surface area contributed by atoms with Crippen molar-refractivity contribution < 1.29 is 35.6 Å². The largest absolute Gasteiger partial charge is 0.676 e. The van der Waals surface area contributed by atoms with E-state index in [1.807, 2.05) is 6.92 Å². The van der Waals surface area contributed by atoms with E-state index < -0.39 is 0 Å². The summed E-state index contributed by atoms with van der Waals surface area (Å²) < 4.78 is 0. The predicted octanol–water partition coefficient (Wildman–Crippen LogP) is 5.09. The molecule has 1 aliphatic carbocycles. The summed E-state index contributed by atoms with van der Waals surface area (Å²) in [5.41, 5.74) is 0. The van der Waals surface area contributed by atoms with Crippen molar-refractivity contribution in [3.63, 3.8) is 0 Å². The Morgan fingerprint density at radius 3 is 1.57 bits per heavy atom. The molecule has 0 aromatic heterocycles. The van der Waals surface area contributed by atoms with Gasteiger partial charge in [0, 0.05) is 42.1 Å². The Labute approximate surface area is 163 Å². The predicted molar refractivity (Wildman–Crippen MR) is 93.4 cm³/mol. The van der Waals surface area contributed by atoms with Crippen LogP contribution in [-0.4, -0.2) is 43.8 Å². The second kappa shape index (κ2) is 16.0. The molecule has 1 saturated carbocycles. The Morgan fingerprint density at radius 2 is 1.29 bits per heavy atom. The van der Waals surface area contributed by atoms with Crippen molar-refractivity contribution in [1.82, 2.24) is 4.90 Å². The topological polar surface area (TPSA) is 31.4 Å². The van der Waals surface area contributed by atoms with Gasteiger partial charge in [-0.2, -0.15) is 0 Å². The van der Waals surface area contributed by atoms with Gasteiger partial charge in [0.1, 0.15) is 0 Å². The maximum Gasteiger partial charge on any atom is 0.000356 e. The van der Waals surface area contributed by atoms with E-state index in [9.17, 15) is 0 Å².